The molecule has 8 atom stereocenters. The van der Waals surface area contributed by atoms with E-state index in [9.17, 15) is 19.2 Å². The molecule has 1 unspecified atom stereocenters. The highest BCUT2D eigenvalue weighted by atomic mass is 35.5. The molecule has 0 radical (unpaired) electrons. The molecule has 4 fully saturated rings. The Morgan fingerprint density at radius 1 is 1.00 bits per heavy atom. The number of rotatable bonds is 8. The average Bonchev–Trinajstić information content (AvgIpc) is 3.73. The Bertz CT molecular complexity index is 2770. The van der Waals surface area contributed by atoms with Crippen molar-refractivity contribution in [2.24, 2.45) is 17.3 Å². The molecule has 11 nitrogen and oxygen atoms in total. The summed E-state index contributed by atoms with van der Waals surface area (Å²) in [5, 5.41) is 13.5. The lowest BCUT2D eigenvalue weighted by Crippen LogP contribution is -2.52. The summed E-state index contributed by atoms with van der Waals surface area (Å²) in [6, 6.07) is 20.8. The molecule has 0 bridgehead atoms. The van der Waals surface area contributed by atoms with Gasteiger partial charge in [-0.05, 0) is 109 Å². The number of hydrogen-bond donors (Lipinski definition) is 4. The van der Waals surface area contributed by atoms with Crippen molar-refractivity contribution in [1.82, 2.24) is 15.5 Å². The summed E-state index contributed by atoms with van der Waals surface area (Å²) in [5.74, 6) is 5.59. The zero-order valence-corrected chi connectivity index (χ0v) is 39.6. The first-order valence-corrected chi connectivity index (χ1v) is 24.2. The van der Waals surface area contributed by atoms with E-state index in [1.807, 2.05) is 48.5 Å². The van der Waals surface area contributed by atoms with Crippen LogP contribution in [0.15, 0.2) is 72.8 Å². The fraction of sp³-hybridized carbons (Fsp3) is 0.434. The van der Waals surface area contributed by atoms with E-state index in [4.69, 9.17) is 27.9 Å². The number of piperidine rings is 2. The molecule has 5 heterocycles. The van der Waals surface area contributed by atoms with Crippen LogP contribution in [-0.4, -0.2) is 72.9 Å². The molecule has 0 aromatic heterocycles. The van der Waals surface area contributed by atoms with Gasteiger partial charge >= 0.3 is 0 Å². The van der Waals surface area contributed by atoms with Crippen molar-refractivity contribution in [2.75, 3.05) is 35.7 Å². The lowest BCUT2D eigenvalue weighted by atomic mass is 9.63. The molecule has 4 aromatic carbocycles. The average molecular weight is 946 g/mol. The number of halogens is 3. The van der Waals surface area contributed by atoms with Gasteiger partial charge in [0.15, 0.2) is 0 Å². The van der Waals surface area contributed by atoms with Crippen LogP contribution in [0.2, 0.25) is 10.0 Å². The van der Waals surface area contributed by atoms with Gasteiger partial charge < -0.3 is 30.5 Å². The van der Waals surface area contributed by atoms with Gasteiger partial charge in [0.1, 0.15) is 17.6 Å². The number of nitrogens with one attached hydrogen (secondary N) is 4. The second-order valence-corrected chi connectivity index (χ2v) is 21.1. The summed E-state index contributed by atoms with van der Waals surface area (Å²) >= 11 is 13.0. The van der Waals surface area contributed by atoms with Gasteiger partial charge in [0.25, 0.3) is 5.91 Å². The van der Waals surface area contributed by atoms with Crippen LogP contribution in [0.25, 0.3) is 0 Å². The zero-order valence-electron chi connectivity index (χ0n) is 38.1. The smallest absolute Gasteiger partial charge is 0.255 e. The summed E-state index contributed by atoms with van der Waals surface area (Å²) < 4.78 is 22.4. The number of amides is 4. The second kappa shape index (κ2) is 17.5. The largest absolute Gasteiger partial charge is 0.494 e. The third kappa shape index (κ3) is 8.21. The minimum absolute atomic E-state index is 0.00309. The number of carbonyl (C=O) groups is 4. The van der Waals surface area contributed by atoms with Gasteiger partial charge in [-0.15, -0.1) is 0 Å². The van der Waals surface area contributed by atoms with E-state index < -0.39 is 35.1 Å². The van der Waals surface area contributed by atoms with Gasteiger partial charge in [-0.25, -0.2) is 4.39 Å². The Kier molecular flexibility index (Phi) is 11.8. The van der Waals surface area contributed by atoms with E-state index in [-0.39, 0.29) is 59.1 Å². The van der Waals surface area contributed by atoms with Crippen LogP contribution in [0, 0.1) is 34.9 Å². The number of imide groups is 1. The third-order valence-corrected chi connectivity index (χ3v) is 15.5. The molecule has 14 heteroatoms. The summed E-state index contributed by atoms with van der Waals surface area (Å²) in [5.41, 5.74) is 5.07. The van der Waals surface area contributed by atoms with Crippen molar-refractivity contribution in [3.8, 4) is 17.6 Å². The lowest BCUT2D eigenvalue weighted by Gasteiger charge is -2.39. The normalized spacial score (nSPS) is 27.5. The number of ether oxygens (including phenoxy) is 1. The van der Waals surface area contributed by atoms with E-state index >= 15 is 4.39 Å². The van der Waals surface area contributed by atoms with Crippen molar-refractivity contribution in [1.29, 1.82) is 0 Å². The highest BCUT2D eigenvalue weighted by molar-refractivity contribution is 6.31. The minimum atomic E-state index is -0.839. The Morgan fingerprint density at radius 3 is 2.61 bits per heavy atom. The first-order valence-electron chi connectivity index (χ1n) is 23.4. The van der Waals surface area contributed by atoms with Crippen molar-refractivity contribution < 1.29 is 28.3 Å². The van der Waals surface area contributed by atoms with Gasteiger partial charge in [0.05, 0.1) is 23.9 Å². The zero-order chi connectivity index (χ0) is 46.9. The van der Waals surface area contributed by atoms with Crippen LogP contribution in [0.1, 0.15) is 104 Å². The van der Waals surface area contributed by atoms with Crippen molar-refractivity contribution >= 4 is 63.9 Å². The van der Waals surface area contributed by atoms with Crippen molar-refractivity contribution in [2.45, 2.75) is 108 Å². The maximum atomic E-state index is 16.4. The Balaban J connectivity index is 0.888. The molecule has 1 saturated carbocycles. The van der Waals surface area contributed by atoms with E-state index in [2.05, 4.69) is 58.8 Å². The molecule has 5 aliphatic heterocycles. The topological polar surface area (TPSA) is 132 Å². The first kappa shape index (κ1) is 45.2. The predicted molar refractivity (Wildman–Crippen MR) is 258 cm³/mol. The standard InChI is InChI=1S/C53H55Cl2FN6O5/c1-52(2,3)26-44-53(28-57-40-24-31(54)16-18-37(40)53)46(34-11-8-12-38(55)47(34)56)48(59-44)50(65)58-39-19-17-32(25-43(39)67-4)61-22-6-5-13-41(61)35-23-30(35)15-14-29-9-7-10-33-36(29)27-62(51(33)66)42-20-21-45(63)60-49(42)64/h7-12,16-19,24-25,30,35,41-42,44,46,48,57,59H,5-6,13,20-23,26-28H2,1-4H3,(H,58,65)(H,60,63,64)/t30-,35+,41-,42?,44-,46-,48+,53-/m0/s1. The molecular weight excluding hydrogens is 891 g/mol. The molecule has 67 heavy (non-hydrogen) atoms. The van der Waals surface area contributed by atoms with Crippen LogP contribution in [0.5, 0.6) is 5.75 Å². The molecule has 1 spiro atoms. The van der Waals surface area contributed by atoms with E-state index in [1.54, 1.807) is 30.2 Å². The Morgan fingerprint density at radius 2 is 1.82 bits per heavy atom. The first-order chi connectivity index (χ1) is 32.1. The van der Waals surface area contributed by atoms with Gasteiger partial charge in [-0.2, -0.15) is 0 Å². The van der Waals surface area contributed by atoms with E-state index in [1.165, 1.54) is 6.07 Å². The van der Waals surface area contributed by atoms with Gasteiger partial charge in [-0.1, -0.05) is 80.1 Å². The van der Waals surface area contributed by atoms with Crippen molar-refractivity contribution in [3.63, 3.8) is 0 Å². The number of nitrogens with zero attached hydrogens (tertiary/aromatic N) is 2. The molecule has 6 aliphatic rings. The van der Waals surface area contributed by atoms with Crippen LogP contribution in [0.4, 0.5) is 21.5 Å². The van der Waals surface area contributed by atoms with E-state index in [0.29, 0.717) is 52.9 Å². The Hall–Kier alpha value is -5.61. The number of benzene rings is 4. The molecule has 3 saturated heterocycles. The molecule has 4 N–H and O–H groups in total. The highest BCUT2D eigenvalue weighted by Crippen LogP contribution is 2.57. The molecule has 348 valence electrons. The predicted octanol–water partition coefficient (Wildman–Crippen LogP) is 8.81. The number of hydrogen-bond acceptors (Lipinski definition) is 8. The maximum absolute atomic E-state index is 16.4. The van der Waals surface area contributed by atoms with Crippen molar-refractivity contribution in [3.05, 3.63) is 116 Å². The number of fused-ring (bicyclic) bond motifs is 3. The van der Waals surface area contributed by atoms with E-state index in [0.717, 1.165) is 60.3 Å². The van der Waals surface area contributed by atoms with Gasteiger partial charge in [-0.3, -0.25) is 24.5 Å². The van der Waals surface area contributed by atoms with Crippen LogP contribution in [-0.2, 0) is 26.3 Å². The molecule has 4 amide bonds. The lowest BCUT2D eigenvalue weighted by molar-refractivity contribution is -0.137. The maximum Gasteiger partial charge on any atom is 0.255 e. The van der Waals surface area contributed by atoms with Gasteiger partial charge in [0, 0.05) is 89.0 Å². The SMILES string of the molecule is COc1cc(N2CCCC[C@H]2[C@@H]2C[C@@H]2C#Cc2cccc3c2CN(C2CCC(=O)NC2=O)C3=O)ccc1NC(=O)[C@@H]1N[C@@H](CC(C)(C)C)[C@@]2(CNc3cc(Cl)ccc32)[C@H]1c1cccc(Cl)c1F. The molecular formula is C53H55Cl2FN6O5. The summed E-state index contributed by atoms with van der Waals surface area (Å²) in [4.78, 5) is 56.8. The molecule has 10 rings (SSSR count). The summed E-state index contributed by atoms with van der Waals surface area (Å²) in [6.45, 7) is 8.15. The summed E-state index contributed by atoms with van der Waals surface area (Å²) in [7, 11) is 1.60. The highest BCUT2D eigenvalue weighted by Gasteiger charge is 2.62. The fourth-order valence-corrected chi connectivity index (χ4v) is 12.2. The quantitative estimate of drug-likeness (QED) is 0.102. The van der Waals surface area contributed by atoms with Crippen LogP contribution in [0.3, 0.4) is 0 Å². The third-order valence-electron chi connectivity index (χ3n) is 15.0. The Labute approximate surface area is 400 Å². The monoisotopic (exact) mass is 944 g/mol. The second-order valence-electron chi connectivity index (χ2n) is 20.3. The molecule has 1 aliphatic carbocycles. The fourth-order valence-electron chi connectivity index (χ4n) is 11.8. The summed E-state index contributed by atoms with van der Waals surface area (Å²) in [6.07, 6.45) is 5.37. The number of carbonyl (C=O) groups excluding carboxylic acids is 4. The minimum Gasteiger partial charge on any atom is -0.494 e. The van der Waals surface area contributed by atoms with Crippen LogP contribution >= 0.6 is 23.2 Å². The molecule has 4 aromatic rings. The number of methoxy groups -OCH3 is 1. The van der Waals surface area contributed by atoms with Crippen LogP contribution < -0.4 is 30.9 Å². The van der Waals surface area contributed by atoms with Gasteiger partial charge in [0.2, 0.25) is 17.7 Å². The number of anilines is 3.